The third kappa shape index (κ3) is 2.78. The van der Waals surface area contributed by atoms with Crippen molar-refractivity contribution in [3.63, 3.8) is 0 Å². The summed E-state index contributed by atoms with van der Waals surface area (Å²) in [4.78, 5) is 23.1. The third-order valence-corrected chi connectivity index (χ3v) is 3.61. The number of amides is 2. The van der Waals surface area contributed by atoms with E-state index in [2.05, 4.69) is 10.6 Å². The Morgan fingerprint density at radius 1 is 1.53 bits per heavy atom. The van der Waals surface area contributed by atoms with E-state index in [1.165, 1.54) is 6.07 Å². The average molecular weight is 265 g/mol. The summed E-state index contributed by atoms with van der Waals surface area (Å²) in [6.07, 6.45) is 2.61. The maximum absolute atomic E-state index is 12.2. The molecule has 1 aromatic heterocycles. The Morgan fingerprint density at radius 2 is 2.32 bits per heavy atom. The molecule has 0 spiro atoms. The molecule has 19 heavy (non-hydrogen) atoms. The second-order valence-electron chi connectivity index (χ2n) is 4.78. The molecule has 1 atom stereocenters. The lowest BCUT2D eigenvalue weighted by molar-refractivity contribution is -0.127. The van der Waals surface area contributed by atoms with Crippen molar-refractivity contribution in [1.29, 1.82) is 0 Å². The lowest BCUT2D eigenvalue weighted by atomic mass is 9.93. The van der Waals surface area contributed by atoms with Crippen LogP contribution in [0.4, 0.5) is 0 Å². The van der Waals surface area contributed by atoms with Crippen LogP contribution in [0.25, 0.3) is 0 Å². The Kier molecular flexibility index (Phi) is 3.90. The van der Waals surface area contributed by atoms with Gasteiger partial charge in [-0.3, -0.25) is 9.59 Å². The third-order valence-electron chi connectivity index (χ3n) is 3.61. The van der Waals surface area contributed by atoms with Crippen LogP contribution in [0.15, 0.2) is 16.5 Å². The van der Waals surface area contributed by atoms with Gasteiger partial charge in [-0.25, -0.2) is 0 Å². The van der Waals surface area contributed by atoms with Gasteiger partial charge in [0, 0.05) is 0 Å². The van der Waals surface area contributed by atoms with E-state index in [-0.39, 0.29) is 18.2 Å². The van der Waals surface area contributed by atoms with E-state index in [9.17, 15) is 9.59 Å². The molecule has 4 N–H and O–H groups in total. The van der Waals surface area contributed by atoms with Crippen molar-refractivity contribution < 1.29 is 14.0 Å². The van der Waals surface area contributed by atoms with Gasteiger partial charge < -0.3 is 20.8 Å². The van der Waals surface area contributed by atoms with Crippen LogP contribution in [0, 0.1) is 0 Å². The minimum absolute atomic E-state index is 0.0236. The van der Waals surface area contributed by atoms with Crippen LogP contribution in [0.2, 0.25) is 0 Å². The van der Waals surface area contributed by atoms with Crippen LogP contribution in [0.5, 0.6) is 0 Å². The van der Waals surface area contributed by atoms with Gasteiger partial charge in [0.15, 0.2) is 5.76 Å². The van der Waals surface area contributed by atoms with E-state index in [4.69, 9.17) is 10.2 Å². The smallest absolute Gasteiger partial charge is 0.284 e. The first kappa shape index (κ1) is 13.6. The van der Waals surface area contributed by atoms with Crippen LogP contribution < -0.4 is 16.4 Å². The molecule has 2 heterocycles. The van der Waals surface area contributed by atoms with Gasteiger partial charge in [-0.05, 0) is 37.9 Å². The molecule has 1 aliphatic heterocycles. The Balaban J connectivity index is 1.94. The first-order valence-electron chi connectivity index (χ1n) is 6.49. The highest BCUT2D eigenvalue weighted by Gasteiger charge is 2.38. The number of primary amides is 1. The summed E-state index contributed by atoms with van der Waals surface area (Å²) in [7, 11) is 0. The van der Waals surface area contributed by atoms with E-state index in [1.807, 2.05) is 6.92 Å². The first-order valence-corrected chi connectivity index (χ1v) is 6.49. The SMILES string of the molecule is CCC1(C(=O)NCc2ccc(C(N)=O)o2)CCCN1. The molecule has 1 saturated heterocycles. The number of hydrogen-bond donors (Lipinski definition) is 3. The monoisotopic (exact) mass is 265 g/mol. The topological polar surface area (TPSA) is 97.4 Å². The molecular formula is C13H19N3O3. The largest absolute Gasteiger partial charge is 0.454 e. The number of hydrogen-bond acceptors (Lipinski definition) is 4. The Hall–Kier alpha value is -1.82. The number of carbonyl (C=O) groups is 2. The molecule has 2 rings (SSSR count). The van der Waals surface area contributed by atoms with Crippen LogP contribution >= 0.6 is 0 Å². The molecule has 0 aliphatic carbocycles. The van der Waals surface area contributed by atoms with E-state index in [1.54, 1.807) is 6.07 Å². The van der Waals surface area contributed by atoms with Crippen molar-refractivity contribution in [2.75, 3.05) is 6.54 Å². The van der Waals surface area contributed by atoms with Crippen molar-refractivity contribution in [3.8, 4) is 0 Å². The van der Waals surface area contributed by atoms with Gasteiger partial charge in [-0.2, -0.15) is 0 Å². The molecule has 2 amide bonds. The molecular weight excluding hydrogens is 246 g/mol. The molecule has 1 unspecified atom stereocenters. The fourth-order valence-electron chi connectivity index (χ4n) is 2.40. The van der Waals surface area contributed by atoms with E-state index in [0.29, 0.717) is 5.76 Å². The first-order chi connectivity index (χ1) is 9.07. The summed E-state index contributed by atoms with van der Waals surface area (Å²) in [6.45, 7) is 3.12. The summed E-state index contributed by atoms with van der Waals surface area (Å²) in [5, 5.41) is 6.10. The molecule has 0 aromatic carbocycles. The van der Waals surface area contributed by atoms with E-state index in [0.717, 1.165) is 25.8 Å². The van der Waals surface area contributed by atoms with Crippen LogP contribution in [0.3, 0.4) is 0 Å². The number of carbonyl (C=O) groups excluding carboxylic acids is 2. The highest BCUT2D eigenvalue weighted by molar-refractivity contribution is 5.90. The zero-order chi connectivity index (χ0) is 13.9. The maximum Gasteiger partial charge on any atom is 0.284 e. The minimum Gasteiger partial charge on any atom is -0.454 e. The second kappa shape index (κ2) is 5.44. The molecule has 0 saturated carbocycles. The number of nitrogens with one attached hydrogen (secondary N) is 2. The number of nitrogens with two attached hydrogens (primary N) is 1. The van der Waals surface area contributed by atoms with Crippen LogP contribution in [-0.4, -0.2) is 23.9 Å². The van der Waals surface area contributed by atoms with Crippen molar-refractivity contribution in [2.45, 2.75) is 38.3 Å². The van der Waals surface area contributed by atoms with Gasteiger partial charge >= 0.3 is 0 Å². The Morgan fingerprint density at radius 3 is 2.84 bits per heavy atom. The van der Waals surface area contributed by atoms with Crippen LogP contribution in [-0.2, 0) is 11.3 Å². The molecule has 6 heteroatoms. The lowest BCUT2D eigenvalue weighted by Gasteiger charge is -2.26. The molecule has 1 fully saturated rings. The fourth-order valence-corrected chi connectivity index (χ4v) is 2.40. The fraction of sp³-hybridized carbons (Fsp3) is 0.538. The summed E-state index contributed by atoms with van der Waals surface area (Å²) in [5.41, 5.74) is 4.64. The Labute approximate surface area is 111 Å². The zero-order valence-corrected chi connectivity index (χ0v) is 11.0. The van der Waals surface area contributed by atoms with Crippen molar-refractivity contribution >= 4 is 11.8 Å². The normalized spacial score (nSPS) is 22.4. The molecule has 1 aliphatic rings. The van der Waals surface area contributed by atoms with Gasteiger partial charge in [0.25, 0.3) is 5.91 Å². The highest BCUT2D eigenvalue weighted by atomic mass is 16.4. The van der Waals surface area contributed by atoms with Gasteiger partial charge in [0.1, 0.15) is 5.76 Å². The quantitative estimate of drug-likeness (QED) is 0.723. The molecule has 0 radical (unpaired) electrons. The highest BCUT2D eigenvalue weighted by Crippen LogP contribution is 2.23. The van der Waals surface area contributed by atoms with Gasteiger partial charge in [0.2, 0.25) is 5.91 Å². The van der Waals surface area contributed by atoms with Crippen LogP contribution in [0.1, 0.15) is 42.5 Å². The van der Waals surface area contributed by atoms with Gasteiger partial charge in [-0.1, -0.05) is 6.92 Å². The van der Waals surface area contributed by atoms with Gasteiger partial charge in [0.05, 0.1) is 12.1 Å². The zero-order valence-electron chi connectivity index (χ0n) is 11.0. The second-order valence-corrected chi connectivity index (χ2v) is 4.78. The lowest BCUT2D eigenvalue weighted by Crippen LogP contribution is -2.52. The van der Waals surface area contributed by atoms with Crippen molar-refractivity contribution in [3.05, 3.63) is 23.7 Å². The summed E-state index contributed by atoms with van der Waals surface area (Å²) < 4.78 is 5.22. The standard InChI is InChI=1S/C13H19N3O3/c1-2-13(6-3-7-16-13)12(18)15-8-9-4-5-10(19-9)11(14)17/h4-5,16H,2-3,6-8H2,1H3,(H2,14,17)(H,15,18). The maximum atomic E-state index is 12.2. The van der Waals surface area contributed by atoms with E-state index >= 15 is 0 Å². The number of rotatable bonds is 5. The summed E-state index contributed by atoms with van der Waals surface area (Å²) >= 11 is 0. The molecule has 6 nitrogen and oxygen atoms in total. The molecule has 104 valence electrons. The molecule has 0 bridgehead atoms. The predicted octanol–water partition coefficient (Wildman–Crippen LogP) is 0.527. The Bertz CT molecular complexity index is 475. The van der Waals surface area contributed by atoms with Crippen molar-refractivity contribution in [1.82, 2.24) is 10.6 Å². The van der Waals surface area contributed by atoms with E-state index < -0.39 is 11.4 Å². The molecule has 1 aromatic rings. The van der Waals surface area contributed by atoms with Gasteiger partial charge in [-0.15, -0.1) is 0 Å². The average Bonchev–Trinajstić information content (AvgIpc) is 3.05. The van der Waals surface area contributed by atoms with Crippen molar-refractivity contribution in [2.24, 2.45) is 5.73 Å². The number of furan rings is 1. The summed E-state index contributed by atoms with van der Waals surface area (Å²) in [6, 6.07) is 3.15. The minimum atomic E-state index is -0.611. The summed E-state index contributed by atoms with van der Waals surface area (Å²) in [5.74, 6) is -0.00978. The predicted molar refractivity (Wildman–Crippen MR) is 69.3 cm³/mol.